The number of nitrogens with zero attached hydrogens (tertiary/aromatic N) is 2. The van der Waals surface area contributed by atoms with Crippen LogP contribution < -0.4 is 5.32 Å². The van der Waals surface area contributed by atoms with E-state index >= 15 is 0 Å². The fraction of sp³-hybridized carbons (Fsp3) is 0.667. The Bertz CT molecular complexity index is 329. The number of hydrogen-bond acceptors (Lipinski definition) is 4. The SMILES string of the molecule is CNCC(C)CSc1nc(C)c(C)c(C)n1. The molecule has 1 unspecified atom stereocenters. The first-order valence-electron chi connectivity index (χ1n) is 5.63. The average Bonchev–Trinajstić information content (AvgIpc) is 2.23. The molecule has 0 aromatic carbocycles. The second kappa shape index (κ2) is 6.21. The number of hydrogen-bond donors (Lipinski definition) is 1. The lowest BCUT2D eigenvalue weighted by Gasteiger charge is -2.10. The standard InChI is InChI=1S/C12H21N3S/c1-8(6-13-5)7-16-12-14-10(3)9(2)11(4)15-12/h8,13H,6-7H2,1-5H3. The van der Waals surface area contributed by atoms with Gasteiger partial charge in [-0.3, -0.25) is 0 Å². The van der Waals surface area contributed by atoms with Gasteiger partial charge in [-0.05, 0) is 45.8 Å². The lowest BCUT2D eigenvalue weighted by atomic mass is 10.2. The van der Waals surface area contributed by atoms with Gasteiger partial charge in [0.05, 0.1) is 0 Å². The predicted octanol–water partition coefficient (Wildman–Crippen LogP) is 2.35. The van der Waals surface area contributed by atoms with Crippen LogP contribution in [0.3, 0.4) is 0 Å². The number of aromatic nitrogens is 2. The Morgan fingerprint density at radius 1 is 1.19 bits per heavy atom. The first kappa shape index (κ1) is 13.5. The van der Waals surface area contributed by atoms with Crippen molar-refractivity contribution < 1.29 is 0 Å². The monoisotopic (exact) mass is 239 g/mol. The fourth-order valence-electron chi connectivity index (χ4n) is 1.43. The molecule has 0 fully saturated rings. The van der Waals surface area contributed by atoms with E-state index in [1.165, 1.54) is 5.56 Å². The molecule has 1 atom stereocenters. The van der Waals surface area contributed by atoms with Gasteiger partial charge in [-0.25, -0.2) is 9.97 Å². The highest BCUT2D eigenvalue weighted by Gasteiger charge is 2.07. The van der Waals surface area contributed by atoms with E-state index in [2.05, 4.69) is 29.1 Å². The zero-order valence-corrected chi connectivity index (χ0v) is 11.6. The number of aryl methyl sites for hydroxylation is 2. The summed E-state index contributed by atoms with van der Waals surface area (Å²) >= 11 is 1.74. The van der Waals surface area contributed by atoms with Gasteiger partial charge in [0.2, 0.25) is 0 Å². The van der Waals surface area contributed by atoms with Crippen LogP contribution >= 0.6 is 11.8 Å². The van der Waals surface area contributed by atoms with Crippen LogP contribution in [0.15, 0.2) is 5.16 Å². The van der Waals surface area contributed by atoms with Crippen molar-refractivity contribution in [2.24, 2.45) is 5.92 Å². The topological polar surface area (TPSA) is 37.8 Å². The van der Waals surface area contributed by atoms with Gasteiger partial charge in [-0.15, -0.1) is 0 Å². The Hall–Kier alpha value is -0.610. The van der Waals surface area contributed by atoms with Crippen LogP contribution in [0.2, 0.25) is 0 Å². The zero-order chi connectivity index (χ0) is 12.1. The van der Waals surface area contributed by atoms with E-state index in [1.807, 2.05) is 20.9 Å². The fourth-order valence-corrected chi connectivity index (χ4v) is 2.38. The van der Waals surface area contributed by atoms with Gasteiger partial charge in [0.25, 0.3) is 0 Å². The van der Waals surface area contributed by atoms with Gasteiger partial charge >= 0.3 is 0 Å². The van der Waals surface area contributed by atoms with Crippen molar-refractivity contribution in [2.75, 3.05) is 19.3 Å². The molecule has 90 valence electrons. The maximum atomic E-state index is 4.50. The van der Waals surface area contributed by atoms with E-state index in [9.17, 15) is 0 Å². The number of nitrogens with one attached hydrogen (secondary N) is 1. The average molecular weight is 239 g/mol. The van der Waals surface area contributed by atoms with Gasteiger partial charge < -0.3 is 5.32 Å². The van der Waals surface area contributed by atoms with Crippen molar-refractivity contribution in [2.45, 2.75) is 32.9 Å². The molecule has 3 nitrogen and oxygen atoms in total. The molecule has 1 heterocycles. The first-order chi connectivity index (χ1) is 7.54. The van der Waals surface area contributed by atoms with Crippen LogP contribution in [0.4, 0.5) is 0 Å². The summed E-state index contributed by atoms with van der Waals surface area (Å²) in [6, 6.07) is 0. The predicted molar refractivity (Wildman–Crippen MR) is 70.1 cm³/mol. The van der Waals surface area contributed by atoms with Crippen LogP contribution in [0.5, 0.6) is 0 Å². The third-order valence-corrected chi connectivity index (χ3v) is 3.84. The maximum absolute atomic E-state index is 4.50. The molecule has 0 saturated carbocycles. The molecule has 1 N–H and O–H groups in total. The molecule has 0 amide bonds. The summed E-state index contributed by atoms with van der Waals surface area (Å²) in [5.41, 5.74) is 3.39. The minimum absolute atomic E-state index is 0.639. The van der Waals surface area contributed by atoms with Crippen molar-refractivity contribution in [3.05, 3.63) is 17.0 Å². The molecule has 16 heavy (non-hydrogen) atoms. The van der Waals surface area contributed by atoms with Gasteiger partial charge in [0, 0.05) is 17.1 Å². The van der Waals surface area contributed by atoms with Crippen LogP contribution in [-0.2, 0) is 0 Å². The smallest absolute Gasteiger partial charge is 0.188 e. The summed E-state index contributed by atoms with van der Waals surface area (Å²) in [7, 11) is 1.98. The lowest BCUT2D eigenvalue weighted by molar-refractivity contribution is 0.603. The van der Waals surface area contributed by atoms with Crippen LogP contribution in [0.25, 0.3) is 0 Å². The van der Waals surface area contributed by atoms with E-state index in [1.54, 1.807) is 11.8 Å². The molecule has 0 saturated heterocycles. The second-order valence-corrected chi connectivity index (χ2v) is 5.26. The first-order valence-corrected chi connectivity index (χ1v) is 6.62. The Morgan fingerprint density at radius 3 is 2.25 bits per heavy atom. The molecule has 1 rings (SSSR count). The van der Waals surface area contributed by atoms with Gasteiger partial charge in [-0.2, -0.15) is 0 Å². The van der Waals surface area contributed by atoms with Crippen molar-refractivity contribution in [1.82, 2.24) is 15.3 Å². The third-order valence-electron chi connectivity index (χ3n) is 2.66. The second-order valence-electron chi connectivity index (χ2n) is 4.28. The molecular formula is C12H21N3S. The van der Waals surface area contributed by atoms with Crippen molar-refractivity contribution >= 4 is 11.8 Å². The van der Waals surface area contributed by atoms with Gasteiger partial charge in [-0.1, -0.05) is 18.7 Å². The molecule has 0 bridgehead atoms. The van der Waals surface area contributed by atoms with E-state index in [4.69, 9.17) is 0 Å². The molecule has 0 spiro atoms. The minimum atomic E-state index is 0.639. The van der Waals surface area contributed by atoms with Crippen molar-refractivity contribution in [3.8, 4) is 0 Å². The van der Waals surface area contributed by atoms with E-state index in [0.717, 1.165) is 28.8 Å². The van der Waals surface area contributed by atoms with Gasteiger partial charge in [0.1, 0.15) is 0 Å². The normalized spacial score (nSPS) is 12.8. The highest BCUT2D eigenvalue weighted by Crippen LogP contribution is 2.19. The molecule has 0 aliphatic carbocycles. The molecular weight excluding hydrogens is 218 g/mol. The summed E-state index contributed by atoms with van der Waals surface area (Å²) in [6.07, 6.45) is 0. The molecule has 0 aliphatic heterocycles. The molecule has 0 radical (unpaired) electrons. The summed E-state index contributed by atoms with van der Waals surface area (Å²) in [4.78, 5) is 8.99. The zero-order valence-electron chi connectivity index (χ0n) is 10.8. The summed E-state index contributed by atoms with van der Waals surface area (Å²) < 4.78 is 0. The highest BCUT2D eigenvalue weighted by molar-refractivity contribution is 7.99. The number of rotatable bonds is 5. The molecule has 0 aliphatic rings. The maximum Gasteiger partial charge on any atom is 0.188 e. The summed E-state index contributed by atoms with van der Waals surface area (Å²) in [6.45, 7) is 9.44. The third kappa shape index (κ3) is 3.76. The molecule has 1 aromatic heterocycles. The number of thioether (sulfide) groups is 1. The van der Waals surface area contributed by atoms with Gasteiger partial charge in [0.15, 0.2) is 5.16 Å². The Kier molecular flexibility index (Phi) is 5.22. The van der Waals surface area contributed by atoms with Crippen LogP contribution in [0, 0.1) is 26.7 Å². The lowest BCUT2D eigenvalue weighted by Crippen LogP contribution is -2.18. The quantitative estimate of drug-likeness (QED) is 0.632. The molecule has 1 aromatic rings. The Balaban J connectivity index is 2.61. The van der Waals surface area contributed by atoms with Crippen LogP contribution in [-0.4, -0.2) is 29.3 Å². The Morgan fingerprint density at radius 2 is 1.75 bits per heavy atom. The van der Waals surface area contributed by atoms with E-state index in [-0.39, 0.29) is 0 Å². The van der Waals surface area contributed by atoms with Crippen molar-refractivity contribution in [1.29, 1.82) is 0 Å². The van der Waals surface area contributed by atoms with Crippen molar-refractivity contribution in [3.63, 3.8) is 0 Å². The highest BCUT2D eigenvalue weighted by atomic mass is 32.2. The minimum Gasteiger partial charge on any atom is -0.319 e. The summed E-state index contributed by atoms with van der Waals surface area (Å²) in [5, 5.41) is 4.09. The Labute approximate surface area is 102 Å². The van der Waals surface area contributed by atoms with E-state index < -0.39 is 0 Å². The summed E-state index contributed by atoms with van der Waals surface area (Å²) in [5.74, 6) is 1.70. The largest absolute Gasteiger partial charge is 0.319 e. The van der Waals surface area contributed by atoms with Crippen LogP contribution in [0.1, 0.15) is 23.9 Å². The molecule has 4 heteroatoms. The van der Waals surface area contributed by atoms with E-state index in [0.29, 0.717) is 5.92 Å².